The molecule has 15 heavy (non-hydrogen) atoms. The van der Waals surface area contributed by atoms with Crippen LogP contribution < -0.4 is 0 Å². The van der Waals surface area contributed by atoms with Gasteiger partial charge in [0.1, 0.15) is 0 Å². The standard InChI is InChI=1S/C10H8BrClN2O/c11-8-4-13-14(5-8)10-3-9(12)2-1-7(10)6-15/h1-5,15H,6H2. The third-order valence-corrected chi connectivity index (χ3v) is 2.66. The van der Waals surface area contributed by atoms with Crippen molar-refractivity contribution in [1.29, 1.82) is 0 Å². The van der Waals surface area contributed by atoms with Crippen LogP contribution >= 0.6 is 27.5 Å². The van der Waals surface area contributed by atoms with Gasteiger partial charge in [0.25, 0.3) is 0 Å². The maximum absolute atomic E-state index is 9.18. The molecule has 1 aromatic heterocycles. The van der Waals surface area contributed by atoms with Crippen molar-refractivity contribution in [3.8, 4) is 5.69 Å². The number of hydrogen-bond donors (Lipinski definition) is 1. The van der Waals surface area contributed by atoms with E-state index in [9.17, 15) is 5.11 Å². The monoisotopic (exact) mass is 286 g/mol. The summed E-state index contributed by atoms with van der Waals surface area (Å²) in [5.41, 5.74) is 1.57. The quantitative estimate of drug-likeness (QED) is 0.922. The average molecular weight is 288 g/mol. The van der Waals surface area contributed by atoms with Crippen molar-refractivity contribution in [2.45, 2.75) is 6.61 Å². The van der Waals surface area contributed by atoms with Crippen LogP contribution in [0.1, 0.15) is 5.56 Å². The van der Waals surface area contributed by atoms with Gasteiger partial charge < -0.3 is 5.11 Å². The van der Waals surface area contributed by atoms with Gasteiger partial charge in [0.05, 0.1) is 23.0 Å². The molecule has 0 fully saturated rings. The predicted octanol–water partition coefficient (Wildman–Crippen LogP) is 2.78. The summed E-state index contributed by atoms with van der Waals surface area (Å²) in [4.78, 5) is 0. The molecule has 0 spiro atoms. The van der Waals surface area contributed by atoms with Crippen LogP contribution in [0.25, 0.3) is 5.69 Å². The van der Waals surface area contributed by atoms with Crippen molar-refractivity contribution in [1.82, 2.24) is 9.78 Å². The Labute approximate surface area is 100 Å². The molecule has 0 amide bonds. The third-order valence-electron chi connectivity index (χ3n) is 2.02. The molecule has 0 radical (unpaired) electrons. The van der Waals surface area contributed by atoms with Crippen molar-refractivity contribution in [2.24, 2.45) is 0 Å². The molecule has 1 aromatic carbocycles. The van der Waals surface area contributed by atoms with Crippen molar-refractivity contribution >= 4 is 27.5 Å². The van der Waals surface area contributed by atoms with E-state index >= 15 is 0 Å². The third kappa shape index (κ3) is 2.22. The van der Waals surface area contributed by atoms with Crippen molar-refractivity contribution in [3.63, 3.8) is 0 Å². The summed E-state index contributed by atoms with van der Waals surface area (Å²) >= 11 is 9.21. The second kappa shape index (κ2) is 4.35. The van der Waals surface area contributed by atoms with Crippen LogP contribution in [-0.2, 0) is 6.61 Å². The number of hydrogen-bond acceptors (Lipinski definition) is 2. The Hall–Kier alpha value is -0.840. The highest BCUT2D eigenvalue weighted by atomic mass is 79.9. The Morgan fingerprint density at radius 3 is 2.87 bits per heavy atom. The zero-order valence-corrected chi connectivity index (χ0v) is 10.0. The molecule has 0 atom stereocenters. The van der Waals surface area contributed by atoms with E-state index in [2.05, 4.69) is 21.0 Å². The first-order chi connectivity index (χ1) is 7.20. The largest absolute Gasteiger partial charge is 0.392 e. The highest BCUT2D eigenvalue weighted by molar-refractivity contribution is 9.10. The Balaban J connectivity index is 2.55. The molecule has 5 heteroatoms. The Morgan fingerprint density at radius 2 is 2.27 bits per heavy atom. The molecule has 0 aliphatic carbocycles. The fraction of sp³-hybridized carbons (Fsp3) is 0.100. The molecular weight excluding hydrogens is 279 g/mol. The molecule has 0 bridgehead atoms. The van der Waals surface area contributed by atoms with Gasteiger partial charge in [-0.15, -0.1) is 0 Å². The fourth-order valence-electron chi connectivity index (χ4n) is 1.32. The maximum Gasteiger partial charge on any atom is 0.0715 e. The summed E-state index contributed by atoms with van der Waals surface area (Å²) in [7, 11) is 0. The number of rotatable bonds is 2. The lowest BCUT2D eigenvalue weighted by molar-refractivity contribution is 0.281. The number of nitrogens with zero attached hydrogens (tertiary/aromatic N) is 2. The minimum absolute atomic E-state index is 0.0377. The normalized spacial score (nSPS) is 10.6. The summed E-state index contributed by atoms with van der Waals surface area (Å²) in [6, 6.07) is 5.30. The molecule has 2 rings (SSSR count). The van der Waals surface area contributed by atoms with E-state index in [0.29, 0.717) is 5.02 Å². The van der Waals surface area contributed by atoms with Gasteiger partial charge in [0, 0.05) is 16.8 Å². The summed E-state index contributed by atoms with van der Waals surface area (Å²) < 4.78 is 2.55. The molecular formula is C10H8BrClN2O. The van der Waals surface area contributed by atoms with Gasteiger partial charge in [-0.2, -0.15) is 5.10 Å². The molecule has 0 aliphatic rings. The lowest BCUT2D eigenvalue weighted by atomic mass is 10.2. The van der Waals surface area contributed by atoms with E-state index in [1.165, 1.54) is 0 Å². The van der Waals surface area contributed by atoms with Gasteiger partial charge in [0.2, 0.25) is 0 Å². The van der Waals surface area contributed by atoms with Gasteiger partial charge >= 0.3 is 0 Å². The number of aliphatic hydroxyl groups is 1. The number of benzene rings is 1. The van der Waals surface area contributed by atoms with Crippen LogP contribution in [0.15, 0.2) is 35.1 Å². The van der Waals surface area contributed by atoms with Gasteiger partial charge in [-0.1, -0.05) is 17.7 Å². The highest BCUT2D eigenvalue weighted by Gasteiger charge is 2.06. The first kappa shape index (κ1) is 10.7. The van der Waals surface area contributed by atoms with Gasteiger partial charge in [-0.25, -0.2) is 4.68 Å². The first-order valence-corrected chi connectivity index (χ1v) is 5.47. The summed E-state index contributed by atoms with van der Waals surface area (Å²) in [6.45, 7) is -0.0377. The lowest BCUT2D eigenvalue weighted by Gasteiger charge is -2.07. The van der Waals surface area contributed by atoms with Crippen LogP contribution in [0.5, 0.6) is 0 Å². The zero-order chi connectivity index (χ0) is 10.8. The molecule has 1 heterocycles. The lowest BCUT2D eigenvalue weighted by Crippen LogP contribution is -1.99. The Bertz CT molecular complexity index is 484. The van der Waals surface area contributed by atoms with Crippen molar-refractivity contribution in [3.05, 3.63) is 45.7 Å². The van der Waals surface area contributed by atoms with Gasteiger partial charge in [-0.3, -0.25) is 0 Å². The van der Waals surface area contributed by atoms with Crippen LogP contribution in [0.2, 0.25) is 5.02 Å². The Kier molecular flexibility index (Phi) is 3.09. The van der Waals surface area contributed by atoms with E-state index in [1.807, 2.05) is 6.20 Å². The minimum atomic E-state index is -0.0377. The number of aromatic nitrogens is 2. The fourth-order valence-corrected chi connectivity index (χ4v) is 1.77. The summed E-state index contributed by atoms with van der Waals surface area (Å²) in [6.07, 6.45) is 3.49. The van der Waals surface area contributed by atoms with Crippen molar-refractivity contribution < 1.29 is 5.11 Å². The van der Waals surface area contributed by atoms with Crippen molar-refractivity contribution in [2.75, 3.05) is 0 Å². The first-order valence-electron chi connectivity index (χ1n) is 4.30. The summed E-state index contributed by atoms with van der Waals surface area (Å²) in [5, 5.41) is 13.9. The highest BCUT2D eigenvalue weighted by Crippen LogP contribution is 2.21. The molecule has 3 nitrogen and oxygen atoms in total. The van der Waals surface area contributed by atoms with Crippen LogP contribution in [0, 0.1) is 0 Å². The Morgan fingerprint density at radius 1 is 1.47 bits per heavy atom. The van der Waals surface area contributed by atoms with E-state index < -0.39 is 0 Å². The van der Waals surface area contributed by atoms with E-state index in [1.54, 1.807) is 29.1 Å². The number of halogens is 2. The molecule has 0 saturated heterocycles. The molecule has 2 aromatic rings. The average Bonchev–Trinajstić information content (AvgIpc) is 2.65. The minimum Gasteiger partial charge on any atom is -0.392 e. The van der Waals surface area contributed by atoms with E-state index in [-0.39, 0.29) is 6.61 Å². The molecule has 78 valence electrons. The SMILES string of the molecule is OCc1ccc(Cl)cc1-n1cc(Br)cn1. The molecule has 0 aliphatic heterocycles. The topological polar surface area (TPSA) is 38.0 Å². The zero-order valence-electron chi connectivity index (χ0n) is 7.69. The maximum atomic E-state index is 9.18. The molecule has 1 N–H and O–H groups in total. The molecule has 0 saturated carbocycles. The van der Waals surface area contributed by atoms with Gasteiger partial charge in [0.15, 0.2) is 0 Å². The van der Waals surface area contributed by atoms with E-state index in [4.69, 9.17) is 11.6 Å². The second-order valence-corrected chi connectivity index (χ2v) is 4.39. The summed E-state index contributed by atoms with van der Waals surface area (Å²) in [5.74, 6) is 0. The van der Waals surface area contributed by atoms with E-state index in [0.717, 1.165) is 15.7 Å². The van der Waals surface area contributed by atoms with Crippen LogP contribution in [0.3, 0.4) is 0 Å². The van der Waals surface area contributed by atoms with Gasteiger partial charge in [-0.05, 0) is 28.1 Å². The van der Waals surface area contributed by atoms with Crippen LogP contribution in [-0.4, -0.2) is 14.9 Å². The second-order valence-electron chi connectivity index (χ2n) is 3.03. The molecule has 0 unspecified atom stereocenters. The predicted molar refractivity (Wildman–Crippen MR) is 62.2 cm³/mol. The number of aliphatic hydroxyl groups excluding tert-OH is 1. The van der Waals surface area contributed by atoms with Crippen LogP contribution in [0.4, 0.5) is 0 Å². The smallest absolute Gasteiger partial charge is 0.0715 e.